The average molecular weight is 310 g/mol. The first-order valence-corrected chi connectivity index (χ1v) is 9.27. The Morgan fingerprint density at radius 3 is 2.33 bits per heavy atom. The molecule has 0 amide bonds. The summed E-state index contributed by atoms with van der Waals surface area (Å²) in [4.78, 5) is 0.331. The zero-order chi connectivity index (χ0) is 15.3. The predicted molar refractivity (Wildman–Crippen MR) is 85.6 cm³/mol. The molecule has 0 atom stereocenters. The summed E-state index contributed by atoms with van der Waals surface area (Å²) in [6.45, 7) is 2.26. The Hall–Kier alpha value is -0.910. The highest BCUT2D eigenvalue weighted by molar-refractivity contribution is 7.89. The van der Waals surface area contributed by atoms with Crippen molar-refractivity contribution in [3.63, 3.8) is 0 Å². The molecule has 5 heteroatoms. The fourth-order valence-electron chi connectivity index (χ4n) is 3.06. The lowest BCUT2D eigenvalue weighted by Gasteiger charge is -2.35. The Morgan fingerprint density at radius 1 is 1.14 bits per heavy atom. The molecule has 2 rings (SSSR count). The number of aryl methyl sites for hydroxylation is 1. The fraction of sp³-hybridized carbons (Fsp3) is 0.625. The van der Waals surface area contributed by atoms with Gasteiger partial charge in [0.25, 0.3) is 0 Å². The van der Waals surface area contributed by atoms with Crippen molar-refractivity contribution >= 4 is 10.0 Å². The molecule has 0 aromatic heterocycles. The van der Waals surface area contributed by atoms with Gasteiger partial charge in [0.05, 0.1) is 4.90 Å². The largest absolute Gasteiger partial charge is 0.329 e. The second-order valence-corrected chi connectivity index (χ2v) is 7.86. The summed E-state index contributed by atoms with van der Waals surface area (Å²) in [5, 5.41) is 0. The first-order chi connectivity index (χ1) is 9.97. The van der Waals surface area contributed by atoms with Crippen molar-refractivity contribution < 1.29 is 8.42 Å². The van der Waals surface area contributed by atoms with Gasteiger partial charge in [-0.25, -0.2) is 13.1 Å². The highest BCUT2D eigenvalue weighted by Crippen LogP contribution is 2.27. The van der Waals surface area contributed by atoms with Crippen molar-refractivity contribution in [3.05, 3.63) is 29.8 Å². The minimum atomic E-state index is -3.51. The lowest BCUT2D eigenvalue weighted by Crippen LogP contribution is -2.53. The molecular weight excluding hydrogens is 284 g/mol. The van der Waals surface area contributed by atoms with Gasteiger partial charge in [-0.15, -0.1) is 0 Å². The maximum Gasteiger partial charge on any atom is 0.241 e. The Labute approximate surface area is 128 Å². The van der Waals surface area contributed by atoms with Crippen LogP contribution < -0.4 is 10.5 Å². The number of hydrogen-bond acceptors (Lipinski definition) is 3. The fourth-order valence-corrected chi connectivity index (χ4v) is 4.63. The minimum absolute atomic E-state index is 0.331. The van der Waals surface area contributed by atoms with Gasteiger partial charge in [0.15, 0.2) is 0 Å². The molecule has 118 valence electrons. The van der Waals surface area contributed by atoms with Gasteiger partial charge in [0.2, 0.25) is 10.0 Å². The molecule has 1 aromatic rings. The van der Waals surface area contributed by atoms with Crippen LogP contribution in [0, 0.1) is 6.92 Å². The van der Waals surface area contributed by atoms with E-state index >= 15 is 0 Å². The van der Waals surface area contributed by atoms with Crippen LogP contribution >= 0.6 is 0 Å². The summed E-state index contributed by atoms with van der Waals surface area (Å²) >= 11 is 0. The van der Waals surface area contributed by atoms with Crippen molar-refractivity contribution in [1.29, 1.82) is 0 Å². The maximum atomic E-state index is 12.6. The van der Waals surface area contributed by atoms with E-state index in [9.17, 15) is 8.42 Å². The second kappa shape index (κ2) is 6.90. The zero-order valence-electron chi connectivity index (χ0n) is 12.8. The zero-order valence-corrected chi connectivity index (χ0v) is 13.6. The molecule has 1 aromatic carbocycles. The van der Waals surface area contributed by atoms with Gasteiger partial charge in [-0.2, -0.15) is 0 Å². The van der Waals surface area contributed by atoms with Crippen LogP contribution in [0.25, 0.3) is 0 Å². The van der Waals surface area contributed by atoms with Crippen LogP contribution in [0.4, 0.5) is 0 Å². The smallest absolute Gasteiger partial charge is 0.241 e. The van der Waals surface area contributed by atoms with Gasteiger partial charge in [-0.05, 0) is 37.5 Å². The molecule has 0 spiro atoms. The van der Waals surface area contributed by atoms with Gasteiger partial charge in [0.1, 0.15) is 0 Å². The molecule has 0 radical (unpaired) electrons. The number of sulfonamides is 1. The molecule has 4 nitrogen and oxygen atoms in total. The van der Waals surface area contributed by atoms with Crippen LogP contribution in [0.2, 0.25) is 0 Å². The SMILES string of the molecule is Cc1cccc(S(=O)(=O)NC2(CN)CCCCCCC2)c1. The van der Waals surface area contributed by atoms with Gasteiger partial charge >= 0.3 is 0 Å². The van der Waals surface area contributed by atoms with Crippen molar-refractivity contribution in [3.8, 4) is 0 Å². The third-order valence-corrected chi connectivity index (χ3v) is 5.93. The number of nitrogens with one attached hydrogen (secondary N) is 1. The third kappa shape index (κ3) is 4.28. The molecule has 0 bridgehead atoms. The summed E-state index contributed by atoms with van der Waals surface area (Å²) < 4.78 is 28.2. The highest BCUT2D eigenvalue weighted by atomic mass is 32.2. The minimum Gasteiger partial charge on any atom is -0.329 e. The third-order valence-electron chi connectivity index (χ3n) is 4.35. The number of nitrogens with two attached hydrogens (primary N) is 1. The van der Waals surface area contributed by atoms with Gasteiger partial charge in [0, 0.05) is 12.1 Å². The second-order valence-electron chi connectivity index (χ2n) is 6.17. The summed E-state index contributed by atoms with van der Waals surface area (Å²) in [7, 11) is -3.51. The van der Waals surface area contributed by atoms with Crippen LogP contribution in [-0.2, 0) is 10.0 Å². The van der Waals surface area contributed by atoms with Crippen LogP contribution in [0.15, 0.2) is 29.2 Å². The summed E-state index contributed by atoms with van der Waals surface area (Å²) in [5.74, 6) is 0. The Morgan fingerprint density at radius 2 is 1.76 bits per heavy atom. The summed E-state index contributed by atoms with van der Waals surface area (Å²) in [6, 6.07) is 7.02. The van der Waals surface area contributed by atoms with Crippen molar-refractivity contribution in [2.75, 3.05) is 6.54 Å². The molecule has 0 heterocycles. The molecular formula is C16H26N2O2S. The van der Waals surface area contributed by atoms with Gasteiger partial charge < -0.3 is 5.73 Å². The van der Waals surface area contributed by atoms with E-state index in [2.05, 4.69) is 4.72 Å². The van der Waals surface area contributed by atoms with E-state index in [1.54, 1.807) is 18.2 Å². The lowest BCUT2D eigenvalue weighted by molar-refractivity contribution is 0.296. The Balaban J connectivity index is 2.23. The number of rotatable bonds is 4. The average Bonchev–Trinajstić information content (AvgIpc) is 2.42. The van der Waals surface area contributed by atoms with Crippen molar-refractivity contribution in [2.24, 2.45) is 5.73 Å². The van der Waals surface area contributed by atoms with E-state index < -0.39 is 15.6 Å². The molecule has 1 fully saturated rings. The van der Waals surface area contributed by atoms with Crippen molar-refractivity contribution in [1.82, 2.24) is 4.72 Å². The summed E-state index contributed by atoms with van der Waals surface area (Å²) in [6.07, 6.45) is 7.29. The standard InChI is InChI=1S/C16H26N2O2S/c1-14-8-7-9-15(12-14)21(19,20)18-16(13-17)10-5-3-2-4-6-11-16/h7-9,12,18H,2-6,10-11,13,17H2,1H3. The molecule has 0 saturated heterocycles. The van der Waals surface area contributed by atoms with E-state index in [1.165, 1.54) is 6.42 Å². The first-order valence-electron chi connectivity index (χ1n) is 7.78. The number of benzene rings is 1. The van der Waals surface area contributed by atoms with E-state index in [-0.39, 0.29) is 0 Å². The molecule has 1 saturated carbocycles. The normalized spacial score (nSPS) is 19.7. The monoisotopic (exact) mass is 310 g/mol. The molecule has 3 N–H and O–H groups in total. The molecule has 0 aliphatic heterocycles. The maximum absolute atomic E-state index is 12.6. The Bertz CT molecular complexity index is 561. The van der Waals surface area contributed by atoms with Crippen LogP contribution in [0.5, 0.6) is 0 Å². The van der Waals surface area contributed by atoms with E-state index in [0.29, 0.717) is 11.4 Å². The molecule has 1 aliphatic carbocycles. The topological polar surface area (TPSA) is 72.2 Å². The van der Waals surface area contributed by atoms with Crippen LogP contribution in [0.3, 0.4) is 0 Å². The van der Waals surface area contributed by atoms with E-state index in [0.717, 1.165) is 44.1 Å². The molecule has 0 unspecified atom stereocenters. The van der Waals surface area contributed by atoms with E-state index in [4.69, 9.17) is 5.73 Å². The van der Waals surface area contributed by atoms with Gasteiger partial charge in [-0.3, -0.25) is 0 Å². The van der Waals surface area contributed by atoms with Crippen LogP contribution in [-0.4, -0.2) is 20.5 Å². The first kappa shape index (κ1) is 16.5. The van der Waals surface area contributed by atoms with Crippen LogP contribution in [0.1, 0.15) is 50.5 Å². The lowest BCUT2D eigenvalue weighted by atomic mass is 9.85. The number of hydrogen-bond donors (Lipinski definition) is 2. The van der Waals surface area contributed by atoms with Gasteiger partial charge in [-0.1, -0.05) is 44.2 Å². The molecule has 21 heavy (non-hydrogen) atoms. The Kier molecular flexibility index (Phi) is 5.41. The summed E-state index contributed by atoms with van der Waals surface area (Å²) in [5.41, 5.74) is 6.41. The van der Waals surface area contributed by atoms with E-state index in [1.807, 2.05) is 13.0 Å². The van der Waals surface area contributed by atoms with Crippen molar-refractivity contribution in [2.45, 2.75) is 62.3 Å². The highest BCUT2D eigenvalue weighted by Gasteiger charge is 2.33. The quantitative estimate of drug-likeness (QED) is 0.898. The molecule has 1 aliphatic rings. The predicted octanol–water partition coefficient (Wildman–Crippen LogP) is 2.72.